The van der Waals surface area contributed by atoms with Crippen molar-refractivity contribution in [3.8, 4) is 0 Å². The third-order valence-corrected chi connectivity index (χ3v) is 2.05. The monoisotopic (exact) mass is 171 g/mol. The number of ether oxygens (including phenoxy) is 1. The van der Waals surface area contributed by atoms with Crippen LogP contribution in [0.5, 0.6) is 0 Å². The molecule has 0 aromatic heterocycles. The van der Waals surface area contributed by atoms with Gasteiger partial charge in [-0.1, -0.05) is 13.3 Å². The van der Waals surface area contributed by atoms with E-state index in [4.69, 9.17) is 4.74 Å². The van der Waals surface area contributed by atoms with E-state index in [1.54, 1.807) is 0 Å². The van der Waals surface area contributed by atoms with Crippen molar-refractivity contribution in [3.05, 3.63) is 0 Å². The average molecular weight is 171 g/mol. The molecule has 1 amide bonds. The Kier molecular flexibility index (Phi) is 3.53. The second kappa shape index (κ2) is 4.45. The first kappa shape index (κ1) is 9.52. The summed E-state index contributed by atoms with van der Waals surface area (Å²) in [6, 6.07) is 0. The third kappa shape index (κ3) is 2.81. The molecule has 2 unspecified atom stereocenters. The number of amides is 1. The number of carbonyl (C=O) groups excluding carboxylic acids is 1. The molecular formula is C9H17NO2. The molecule has 1 fully saturated rings. The molecule has 70 valence electrons. The minimum atomic E-state index is -0.0287. The fourth-order valence-electron chi connectivity index (χ4n) is 1.44. The fourth-order valence-corrected chi connectivity index (χ4v) is 1.44. The molecule has 0 aliphatic carbocycles. The Balaban J connectivity index is 2.18. The molecule has 0 spiro atoms. The van der Waals surface area contributed by atoms with Gasteiger partial charge < -0.3 is 10.1 Å². The third-order valence-electron chi connectivity index (χ3n) is 2.05. The molecule has 3 heteroatoms. The zero-order valence-corrected chi connectivity index (χ0v) is 7.80. The summed E-state index contributed by atoms with van der Waals surface area (Å²) in [5.74, 6) is 0.115. The molecule has 1 aliphatic heterocycles. The molecule has 1 rings (SSSR count). The van der Waals surface area contributed by atoms with Crippen LogP contribution in [0, 0.1) is 0 Å². The van der Waals surface area contributed by atoms with Gasteiger partial charge in [-0.05, 0) is 13.3 Å². The molecule has 3 nitrogen and oxygen atoms in total. The highest BCUT2D eigenvalue weighted by Gasteiger charge is 2.22. The minimum absolute atomic E-state index is 0.0287. The predicted molar refractivity (Wildman–Crippen MR) is 46.6 cm³/mol. The van der Waals surface area contributed by atoms with E-state index in [0.717, 1.165) is 19.3 Å². The molecule has 0 saturated carbocycles. The highest BCUT2D eigenvalue weighted by molar-refractivity contribution is 5.78. The molecule has 2 atom stereocenters. The van der Waals surface area contributed by atoms with Crippen molar-refractivity contribution in [3.63, 3.8) is 0 Å². The van der Waals surface area contributed by atoms with Gasteiger partial charge in [-0.2, -0.15) is 0 Å². The zero-order chi connectivity index (χ0) is 8.97. The van der Waals surface area contributed by atoms with E-state index < -0.39 is 0 Å². The number of hydrogen-bond acceptors (Lipinski definition) is 2. The highest BCUT2D eigenvalue weighted by Crippen LogP contribution is 2.12. The Hall–Kier alpha value is -0.570. The van der Waals surface area contributed by atoms with Gasteiger partial charge in [-0.25, -0.2) is 0 Å². The summed E-state index contributed by atoms with van der Waals surface area (Å²) in [5, 5.41) is 2.78. The van der Waals surface area contributed by atoms with Gasteiger partial charge in [0.1, 0.15) is 6.23 Å². The molecule has 0 radical (unpaired) electrons. The van der Waals surface area contributed by atoms with Crippen LogP contribution in [0.2, 0.25) is 0 Å². The SMILES string of the molecule is CCCC(C)OC1CCC(=O)N1. The van der Waals surface area contributed by atoms with Crippen LogP contribution in [0.1, 0.15) is 39.5 Å². The van der Waals surface area contributed by atoms with Crippen molar-refractivity contribution in [2.24, 2.45) is 0 Å². The van der Waals surface area contributed by atoms with Crippen LogP contribution < -0.4 is 5.32 Å². The van der Waals surface area contributed by atoms with Crippen molar-refractivity contribution in [2.75, 3.05) is 0 Å². The molecule has 0 aromatic rings. The largest absolute Gasteiger partial charge is 0.356 e. The van der Waals surface area contributed by atoms with Crippen LogP contribution in [0.15, 0.2) is 0 Å². The lowest BCUT2D eigenvalue weighted by atomic mass is 10.2. The van der Waals surface area contributed by atoms with Gasteiger partial charge in [0.2, 0.25) is 5.91 Å². The van der Waals surface area contributed by atoms with E-state index >= 15 is 0 Å². The molecule has 0 bridgehead atoms. The summed E-state index contributed by atoms with van der Waals surface area (Å²) >= 11 is 0. The maximum Gasteiger partial charge on any atom is 0.222 e. The number of rotatable bonds is 4. The van der Waals surface area contributed by atoms with Crippen molar-refractivity contribution in [1.29, 1.82) is 0 Å². The second-order valence-electron chi connectivity index (χ2n) is 3.33. The lowest BCUT2D eigenvalue weighted by Crippen LogP contribution is -2.31. The summed E-state index contributed by atoms with van der Waals surface area (Å²) in [6.45, 7) is 4.18. The Bertz CT molecular complexity index is 159. The van der Waals surface area contributed by atoms with Crippen LogP contribution in [0.3, 0.4) is 0 Å². The Morgan fingerprint density at radius 3 is 3.00 bits per heavy atom. The first-order chi connectivity index (χ1) is 5.72. The van der Waals surface area contributed by atoms with E-state index in [1.807, 2.05) is 6.92 Å². The van der Waals surface area contributed by atoms with Gasteiger partial charge >= 0.3 is 0 Å². The summed E-state index contributed by atoms with van der Waals surface area (Å²) in [4.78, 5) is 10.8. The van der Waals surface area contributed by atoms with Gasteiger partial charge in [0.05, 0.1) is 6.10 Å². The number of hydrogen-bond donors (Lipinski definition) is 1. The summed E-state index contributed by atoms with van der Waals surface area (Å²) < 4.78 is 5.59. The van der Waals surface area contributed by atoms with Crippen LogP contribution in [-0.2, 0) is 9.53 Å². The first-order valence-corrected chi connectivity index (χ1v) is 4.67. The Morgan fingerprint density at radius 2 is 2.50 bits per heavy atom. The van der Waals surface area contributed by atoms with Gasteiger partial charge in [0, 0.05) is 12.8 Å². The van der Waals surface area contributed by atoms with E-state index in [9.17, 15) is 4.79 Å². The molecule has 12 heavy (non-hydrogen) atoms. The molecule has 1 saturated heterocycles. The minimum Gasteiger partial charge on any atom is -0.356 e. The van der Waals surface area contributed by atoms with Crippen LogP contribution in [0.4, 0.5) is 0 Å². The number of nitrogens with one attached hydrogen (secondary N) is 1. The van der Waals surface area contributed by atoms with Gasteiger partial charge in [0.25, 0.3) is 0 Å². The van der Waals surface area contributed by atoms with Gasteiger partial charge in [0.15, 0.2) is 0 Å². The Morgan fingerprint density at radius 1 is 1.75 bits per heavy atom. The van der Waals surface area contributed by atoms with Gasteiger partial charge in [-0.3, -0.25) is 4.79 Å². The van der Waals surface area contributed by atoms with Crippen LogP contribution in [0.25, 0.3) is 0 Å². The Labute approximate surface area is 73.5 Å². The lowest BCUT2D eigenvalue weighted by Gasteiger charge is -2.17. The van der Waals surface area contributed by atoms with E-state index in [2.05, 4.69) is 12.2 Å². The normalized spacial score (nSPS) is 25.5. The second-order valence-corrected chi connectivity index (χ2v) is 3.33. The summed E-state index contributed by atoms with van der Waals surface area (Å²) in [7, 11) is 0. The highest BCUT2D eigenvalue weighted by atomic mass is 16.5. The van der Waals surface area contributed by atoms with Crippen molar-refractivity contribution >= 4 is 5.91 Å². The van der Waals surface area contributed by atoms with Crippen molar-refractivity contribution in [2.45, 2.75) is 51.9 Å². The predicted octanol–water partition coefficient (Wildman–Crippen LogP) is 1.43. The lowest BCUT2D eigenvalue weighted by molar-refractivity contribution is -0.121. The smallest absolute Gasteiger partial charge is 0.222 e. The molecular weight excluding hydrogens is 154 g/mol. The van der Waals surface area contributed by atoms with E-state index in [0.29, 0.717) is 6.42 Å². The molecule has 0 aromatic carbocycles. The van der Waals surface area contributed by atoms with Crippen molar-refractivity contribution < 1.29 is 9.53 Å². The number of carbonyl (C=O) groups is 1. The fraction of sp³-hybridized carbons (Fsp3) is 0.889. The molecule has 1 heterocycles. The van der Waals surface area contributed by atoms with Crippen LogP contribution in [-0.4, -0.2) is 18.2 Å². The van der Waals surface area contributed by atoms with Crippen molar-refractivity contribution in [1.82, 2.24) is 5.32 Å². The summed E-state index contributed by atoms with van der Waals surface area (Å²) in [6.07, 6.45) is 3.86. The molecule has 1 N–H and O–H groups in total. The maximum atomic E-state index is 10.8. The standard InChI is InChI=1S/C9H17NO2/c1-3-4-7(2)12-9-6-5-8(11)10-9/h7,9H,3-6H2,1-2H3,(H,10,11). The van der Waals surface area contributed by atoms with Crippen LogP contribution >= 0.6 is 0 Å². The first-order valence-electron chi connectivity index (χ1n) is 4.67. The van der Waals surface area contributed by atoms with E-state index in [-0.39, 0.29) is 18.2 Å². The molecule has 1 aliphatic rings. The van der Waals surface area contributed by atoms with E-state index in [1.165, 1.54) is 0 Å². The zero-order valence-electron chi connectivity index (χ0n) is 7.80. The van der Waals surface area contributed by atoms with Gasteiger partial charge in [-0.15, -0.1) is 0 Å². The topological polar surface area (TPSA) is 38.3 Å². The maximum absolute atomic E-state index is 10.8. The summed E-state index contributed by atoms with van der Waals surface area (Å²) in [5.41, 5.74) is 0. The quantitative estimate of drug-likeness (QED) is 0.694. The average Bonchev–Trinajstić information content (AvgIpc) is 2.36.